The van der Waals surface area contributed by atoms with Crippen molar-refractivity contribution in [3.05, 3.63) is 212 Å². The molecule has 5 heteroatoms. The Bertz CT molecular complexity index is 3240. The Kier molecular flexibility index (Phi) is 6.39. The van der Waals surface area contributed by atoms with Gasteiger partial charge in [0.2, 0.25) is 0 Å². The summed E-state index contributed by atoms with van der Waals surface area (Å²) in [5.74, 6) is 0. The van der Waals surface area contributed by atoms with Gasteiger partial charge in [0.05, 0.1) is 0 Å². The number of nitrogens with zero attached hydrogens (tertiary/aromatic N) is 2. The molecule has 5 heterocycles. The predicted molar refractivity (Wildman–Crippen MR) is 258 cm³/mol. The van der Waals surface area contributed by atoms with Crippen LogP contribution in [0.25, 0.3) is 22.3 Å². The number of benzene rings is 9. The van der Waals surface area contributed by atoms with Gasteiger partial charge in [-0.25, -0.2) is 0 Å². The number of aryl methyl sites for hydroxylation is 1. The molecule has 1 spiro atoms. The molecule has 60 heavy (non-hydrogen) atoms. The molecule has 5 aliphatic heterocycles. The van der Waals surface area contributed by atoms with E-state index in [1.54, 1.807) is 0 Å². The van der Waals surface area contributed by atoms with Gasteiger partial charge in [-0.15, -0.1) is 0 Å². The topological polar surface area (TPSA) is 6.48 Å². The van der Waals surface area contributed by atoms with E-state index in [-0.39, 0.29) is 6.85 Å². The van der Waals surface area contributed by atoms with Crippen LogP contribution in [-0.2, 0) is 0 Å². The van der Waals surface area contributed by atoms with E-state index in [2.05, 4.69) is 223 Å². The van der Waals surface area contributed by atoms with Crippen LogP contribution in [-0.4, -0.2) is 23.0 Å². The minimum Gasteiger partial charge on any atom is -0.376 e. The zero-order chi connectivity index (χ0) is 39.3. The molecule has 278 valence electrons. The van der Waals surface area contributed by atoms with Crippen LogP contribution in [0.15, 0.2) is 206 Å². The van der Waals surface area contributed by atoms with Gasteiger partial charge in [-0.05, 0) is 99.8 Å². The molecule has 0 fully saturated rings. The summed E-state index contributed by atoms with van der Waals surface area (Å²) < 4.78 is 0. The third-order valence-electron chi connectivity index (χ3n) is 14.5. The lowest BCUT2D eigenvalue weighted by Gasteiger charge is -2.54. The molecule has 0 amide bonds. The highest BCUT2D eigenvalue weighted by Gasteiger charge is 2.59. The fourth-order valence-electron chi connectivity index (χ4n) is 12.6. The zero-order valence-electron chi connectivity index (χ0n) is 33.1. The van der Waals surface area contributed by atoms with Gasteiger partial charge in [-0.1, -0.05) is 188 Å². The summed E-state index contributed by atoms with van der Waals surface area (Å²) in [6.07, 6.45) is 0. The maximum absolute atomic E-state index is 2.81. The molecule has 5 aliphatic rings. The molecule has 0 N–H and O–H groups in total. The van der Waals surface area contributed by atoms with Gasteiger partial charge in [-0.2, -0.15) is 0 Å². The standard InChI is InChI=1S/C55H37BN2Si2/c1-36-34-42-41-24-16-32-51-54(41)58(45-27-11-15-31-50(45)59(51,37-18-4-2-5-19-37)38-20-6-3-7-21-38)56-43-25-17-33-52-55(43)57(46(35-36)53(42)56)44-26-10-14-30-49(44)60(52)47-28-12-8-22-39(47)40-23-9-13-29-48(40)60/h2-35H,1H3. The third-order valence-corrected chi connectivity index (χ3v) is 24.3. The fraction of sp³-hybridized carbons (Fsp3) is 0.0182. The van der Waals surface area contributed by atoms with Gasteiger partial charge >= 0.3 is 6.85 Å². The van der Waals surface area contributed by atoms with Crippen molar-refractivity contribution in [3.63, 3.8) is 0 Å². The van der Waals surface area contributed by atoms with Crippen molar-refractivity contribution < 1.29 is 0 Å². The van der Waals surface area contributed by atoms with Crippen molar-refractivity contribution in [1.29, 1.82) is 0 Å². The van der Waals surface area contributed by atoms with E-state index in [1.165, 1.54) is 109 Å². The summed E-state index contributed by atoms with van der Waals surface area (Å²) in [6.45, 7) is 2.27. The quantitative estimate of drug-likeness (QED) is 0.197. The first-order valence-corrected chi connectivity index (χ1v) is 25.2. The SMILES string of the molecule is Cc1cc2c3c(c1)N1c4ccccc4[Si]4(c5ccccc5-c5ccccc54)c4cccc(c41)B3N1c3ccccc3[Si](c3ccccc3)(c3ccccc3)c3cccc-2c31. The van der Waals surface area contributed by atoms with Crippen molar-refractivity contribution in [1.82, 2.24) is 0 Å². The molecule has 2 nitrogen and oxygen atoms in total. The van der Waals surface area contributed by atoms with Gasteiger partial charge in [-0.3, -0.25) is 0 Å². The number of hydrogen-bond acceptors (Lipinski definition) is 2. The first kappa shape index (κ1) is 33.0. The maximum Gasteiger partial charge on any atom is 0.333 e. The predicted octanol–water partition coefficient (Wildman–Crippen LogP) is 6.06. The Morgan fingerprint density at radius 3 is 1.53 bits per heavy atom. The van der Waals surface area contributed by atoms with Crippen molar-refractivity contribution in [2.45, 2.75) is 6.92 Å². The highest BCUT2D eigenvalue weighted by Crippen LogP contribution is 2.49. The lowest BCUT2D eigenvalue weighted by molar-refractivity contribution is 1.26. The largest absolute Gasteiger partial charge is 0.376 e. The number of para-hydroxylation sites is 4. The molecule has 0 aromatic heterocycles. The van der Waals surface area contributed by atoms with E-state index < -0.39 is 16.1 Å². The molecule has 0 saturated heterocycles. The smallest absolute Gasteiger partial charge is 0.333 e. The second kappa shape index (κ2) is 11.6. The number of rotatable bonds is 2. The summed E-state index contributed by atoms with van der Waals surface area (Å²) in [4.78, 5) is 5.47. The summed E-state index contributed by atoms with van der Waals surface area (Å²) >= 11 is 0. The molecular weight excluding hydrogens is 756 g/mol. The first-order chi connectivity index (χ1) is 29.7. The lowest BCUT2D eigenvalue weighted by atomic mass is 9.43. The monoisotopic (exact) mass is 792 g/mol. The Labute approximate surface area is 352 Å². The Hall–Kier alpha value is -6.92. The van der Waals surface area contributed by atoms with Crippen molar-refractivity contribution in [2.24, 2.45) is 0 Å². The molecule has 0 unspecified atom stereocenters. The minimum absolute atomic E-state index is 0.0293. The first-order valence-electron chi connectivity index (χ1n) is 21.2. The summed E-state index contributed by atoms with van der Waals surface area (Å²) in [5.41, 5.74) is 16.2. The molecule has 0 saturated carbocycles. The van der Waals surface area contributed by atoms with Crippen LogP contribution in [0.1, 0.15) is 5.56 Å². The molecule has 9 aromatic rings. The number of hydrogen-bond donors (Lipinski definition) is 0. The van der Waals surface area contributed by atoms with E-state index in [9.17, 15) is 0 Å². The van der Waals surface area contributed by atoms with Crippen LogP contribution in [0.5, 0.6) is 0 Å². The maximum atomic E-state index is 2.79. The molecule has 0 aliphatic carbocycles. The zero-order valence-corrected chi connectivity index (χ0v) is 35.1. The summed E-state index contributed by atoms with van der Waals surface area (Å²) in [5, 5.41) is 11.7. The average molecular weight is 793 g/mol. The van der Waals surface area contributed by atoms with Gasteiger partial charge in [0.25, 0.3) is 0 Å². The van der Waals surface area contributed by atoms with Gasteiger partial charge in [0.1, 0.15) is 0 Å². The Balaban J connectivity index is 1.15. The summed E-state index contributed by atoms with van der Waals surface area (Å²) in [6, 6.07) is 79.9. The van der Waals surface area contributed by atoms with Crippen molar-refractivity contribution >= 4 is 104 Å². The van der Waals surface area contributed by atoms with Crippen LogP contribution in [0, 0.1) is 6.92 Å². The molecule has 9 aromatic carbocycles. The molecular formula is C55H37BN2Si2. The van der Waals surface area contributed by atoms with Crippen LogP contribution in [0.4, 0.5) is 28.4 Å². The van der Waals surface area contributed by atoms with Gasteiger partial charge in [0.15, 0.2) is 16.1 Å². The Morgan fingerprint density at radius 1 is 0.367 bits per heavy atom. The third kappa shape index (κ3) is 3.74. The average Bonchev–Trinajstić information content (AvgIpc) is 3.60. The van der Waals surface area contributed by atoms with E-state index in [4.69, 9.17) is 0 Å². The molecule has 0 bridgehead atoms. The molecule has 0 atom stereocenters. The van der Waals surface area contributed by atoms with Crippen molar-refractivity contribution in [3.8, 4) is 22.3 Å². The van der Waals surface area contributed by atoms with Gasteiger partial charge < -0.3 is 9.71 Å². The van der Waals surface area contributed by atoms with Crippen LogP contribution in [0.2, 0.25) is 0 Å². The lowest BCUT2D eigenvalue weighted by Crippen LogP contribution is -2.80. The van der Waals surface area contributed by atoms with E-state index in [1.807, 2.05) is 0 Å². The molecule has 0 radical (unpaired) electrons. The van der Waals surface area contributed by atoms with Crippen molar-refractivity contribution in [2.75, 3.05) is 9.71 Å². The van der Waals surface area contributed by atoms with Crippen LogP contribution in [0.3, 0.4) is 0 Å². The highest BCUT2D eigenvalue weighted by atomic mass is 28.3. The van der Waals surface area contributed by atoms with E-state index in [0.717, 1.165) is 0 Å². The minimum atomic E-state index is -2.81. The second-order valence-corrected chi connectivity index (χ2v) is 24.5. The van der Waals surface area contributed by atoms with Crippen LogP contribution < -0.4 is 62.1 Å². The second-order valence-electron chi connectivity index (χ2n) is 17.2. The number of fused-ring (bicyclic) bond motifs is 15. The number of anilines is 5. The van der Waals surface area contributed by atoms with Gasteiger partial charge in [0, 0.05) is 34.0 Å². The van der Waals surface area contributed by atoms with E-state index in [0.29, 0.717) is 0 Å². The summed E-state index contributed by atoms with van der Waals surface area (Å²) in [7, 11) is -5.58. The molecule has 14 rings (SSSR count). The van der Waals surface area contributed by atoms with Crippen LogP contribution >= 0.6 is 0 Å². The van der Waals surface area contributed by atoms with E-state index >= 15 is 0 Å². The fourth-order valence-corrected chi connectivity index (χ4v) is 23.3. The highest BCUT2D eigenvalue weighted by molar-refractivity contribution is 7.24. The normalized spacial score (nSPS) is 15.6. The Morgan fingerprint density at radius 2 is 0.867 bits per heavy atom.